The smallest absolute Gasteiger partial charge is 0.344 e. The molecule has 0 amide bonds. The summed E-state index contributed by atoms with van der Waals surface area (Å²) in [6.07, 6.45) is 10.4. The molecule has 36 heavy (non-hydrogen) atoms. The highest BCUT2D eigenvalue weighted by molar-refractivity contribution is 5.89. The van der Waals surface area contributed by atoms with E-state index in [0.717, 1.165) is 43.2 Å². The van der Waals surface area contributed by atoms with Crippen LogP contribution in [-0.2, 0) is 14.4 Å². The van der Waals surface area contributed by atoms with Crippen LogP contribution in [0.1, 0.15) is 88.9 Å². The number of carboxylic acid groups (broad SMARTS) is 1. The maximum Gasteiger partial charge on any atom is 0.344 e. The Morgan fingerprint density at radius 2 is 1.69 bits per heavy atom. The molecule has 4 aliphatic rings. The Balaban J connectivity index is 1.25. The summed E-state index contributed by atoms with van der Waals surface area (Å²) in [5.41, 5.74) is 2.14. The molecule has 1 aromatic rings. The van der Waals surface area contributed by atoms with E-state index in [4.69, 9.17) is 14.7 Å². The third kappa shape index (κ3) is 4.45. The van der Waals surface area contributed by atoms with E-state index in [9.17, 15) is 9.59 Å². The molecule has 4 fully saturated rings. The first kappa shape index (κ1) is 25.3. The van der Waals surface area contributed by atoms with Gasteiger partial charge < -0.3 is 14.7 Å². The number of rotatable bonds is 6. The second-order valence-corrected chi connectivity index (χ2v) is 12.4. The van der Waals surface area contributed by atoms with E-state index < -0.39 is 5.97 Å². The van der Waals surface area contributed by atoms with E-state index in [1.165, 1.54) is 32.1 Å². The van der Waals surface area contributed by atoms with Crippen LogP contribution in [0.15, 0.2) is 35.5 Å². The van der Waals surface area contributed by atoms with Gasteiger partial charge in [0.1, 0.15) is 6.10 Å². The Morgan fingerprint density at radius 3 is 2.44 bits per heavy atom. The highest BCUT2D eigenvalue weighted by Gasteiger charge is 2.60. The molecule has 4 saturated carbocycles. The molecular formula is C30H41NO5. The normalized spacial score (nSPS) is 39.9. The highest BCUT2D eigenvalue weighted by atomic mass is 16.6. The van der Waals surface area contributed by atoms with E-state index in [2.05, 4.69) is 19.0 Å². The lowest BCUT2D eigenvalue weighted by Crippen LogP contribution is -2.54. The molecule has 4 aliphatic carbocycles. The fourth-order valence-corrected chi connectivity index (χ4v) is 9.06. The Kier molecular flexibility index (Phi) is 6.90. The lowest BCUT2D eigenvalue weighted by atomic mass is 9.44. The van der Waals surface area contributed by atoms with Gasteiger partial charge in [0.15, 0.2) is 0 Å². The van der Waals surface area contributed by atoms with Gasteiger partial charge in [-0.1, -0.05) is 37.2 Å². The third-order valence-electron chi connectivity index (χ3n) is 10.8. The van der Waals surface area contributed by atoms with Gasteiger partial charge in [0, 0.05) is 5.92 Å². The van der Waals surface area contributed by atoms with Crippen molar-refractivity contribution in [2.24, 2.45) is 45.6 Å². The lowest BCUT2D eigenvalue weighted by molar-refractivity contribution is -0.142. The second-order valence-electron chi connectivity index (χ2n) is 12.4. The van der Waals surface area contributed by atoms with Crippen molar-refractivity contribution in [1.29, 1.82) is 0 Å². The summed E-state index contributed by atoms with van der Waals surface area (Å²) in [6, 6.07) is 9.36. The van der Waals surface area contributed by atoms with Gasteiger partial charge in [0.05, 0.1) is 11.3 Å². The lowest BCUT2D eigenvalue weighted by Gasteiger charge is -2.61. The molecule has 0 bridgehead atoms. The topological polar surface area (TPSA) is 85.2 Å². The van der Waals surface area contributed by atoms with Crippen LogP contribution in [0, 0.1) is 40.4 Å². The number of carbonyl (C=O) groups is 2. The number of hydrogen-bond donors (Lipinski definition) is 1. The van der Waals surface area contributed by atoms with E-state index >= 15 is 0 Å². The predicted molar refractivity (Wildman–Crippen MR) is 138 cm³/mol. The number of nitrogens with zero attached hydrogens (tertiary/aromatic N) is 1. The Morgan fingerprint density at radius 1 is 0.972 bits per heavy atom. The van der Waals surface area contributed by atoms with Crippen LogP contribution in [0.2, 0.25) is 0 Å². The largest absolute Gasteiger partial charge is 0.479 e. The van der Waals surface area contributed by atoms with Crippen molar-refractivity contribution < 1.29 is 24.3 Å². The predicted octanol–water partition coefficient (Wildman–Crippen LogP) is 6.35. The Hall–Kier alpha value is -2.37. The minimum absolute atomic E-state index is 0.0294. The molecule has 196 valence electrons. The monoisotopic (exact) mass is 495 g/mol. The number of benzene rings is 1. The highest BCUT2D eigenvalue weighted by Crippen LogP contribution is 2.67. The summed E-state index contributed by atoms with van der Waals surface area (Å²) in [7, 11) is 0. The van der Waals surface area contributed by atoms with Gasteiger partial charge in [0.25, 0.3) is 0 Å². The van der Waals surface area contributed by atoms with Crippen molar-refractivity contribution in [3.8, 4) is 0 Å². The van der Waals surface area contributed by atoms with Crippen molar-refractivity contribution in [2.75, 3.05) is 6.61 Å². The summed E-state index contributed by atoms with van der Waals surface area (Å²) >= 11 is 0. The Labute approximate surface area is 214 Å². The number of ether oxygens (including phenoxy) is 1. The molecular weight excluding hydrogens is 454 g/mol. The summed E-state index contributed by atoms with van der Waals surface area (Å²) in [6.45, 7) is 6.63. The van der Waals surface area contributed by atoms with Crippen LogP contribution in [0.25, 0.3) is 0 Å². The fraction of sp³-hybridized carbons (Fsp3) is 0.700. The van der Waals surface area contributed by atoms with Crippen molar-refractivity contribution in [2.45, 2.75) is 84.7 Å². The quantitative estimate of drug-likeness (QED) is 0.282. The van der Waals surface area contributed by atoms with Gasteiger partial charge in [-0.3, -0.25) is 0 Å². The number of hydrogen-bond acceptors (Lipinski definition) is 5. The summed E-state index contributed by atoms with van der Waals surface area (Å²) in [5.74, 6) is 1.99. The SMILES string of the molecule is CC(=NOCC(=O)O)[C@H]1CC[C@H]2[C@@H]3CC[C@H]4C[C@H](OC(=O)c5ccccc5)CC[C@]4(C)[C@H]3CC[C@]12C. The first-order valence-corrected chi connectivity index (χ1v) is 13.9. The second kappa shape index (κ2) is 9.83. The molecule has 8 atom stereocenters. The summed E-state index contributed by atoms with van der Waals surface area (Å²) in [5, 5.41) is 13.1. The maximum absolute atomic E-state index is 12.7. The first-order valence-electron chi connectivity index (χ1n) is 13.9. The standard InChI is InChI=1S/C30H41NO5/c1-19(31-35-18-27(32)33)24-11-12-25-23-10-9-21-17-22(36-28(34)20-7-5-4-6-8-20)13-15-29(21,2)26(23)14-16-30(24,25)3/h4-8,21-26H,9-18H2,1-3H3,(H,32,33)/t21-,22+,23-,24+,25-,26-,29-,30+/m0/s1. The van der Waals surface area contributed by atoms with Gasteiger partial charge in [0.2, 0.25) is 6.61 Å². The van der Waals surface area contributed by atoms with Gasteiger partial charge in [-0.05, 0) is 111 Å². The van der Waals surface area contributed by atoms with E-state index in [1.54, 1.807) is 0 Å². The zero-order valence-corrected chi connectivity index (χ0v) is 21.9. The number of carbonyl (C=O) groups excluding carboxylic acids is 1. The molecule has 0 aromatic heterocycles. The maximum atomic E-state index is 12.7. The molecule has 6 nitrogen and oxygen atoms in total. The minimum Gasteiger partial charge on any atom is -0.479 e. The molecule has 0 heterocycles. The average Bonchev–Trinajstić information content (AvgIpc) is 3.22. The molecule has 1 aromatic carbocycles. The van der Waals surface area contributed by atoms with Crippen molar-refractivity contribution in [3.63, 3.8) is 0 Å². The van der Waals surface area contributed by atoms with Crippen LogP contribution in [0.3, 0.4) is 0 Å². The van der Waals surface area contributed by atoms with Gasteiger partial charge in [-0.25, -0.2) is 9.59 Å². The van der Waals surface area contributed by atoms with Gasteiger partial charge >= 0.3 is 11.9 Å². The Bertz CT molecular complexity index is 1010. The molecule has 0 spiro atoms. The van der Waals surface area contributed by atoms with Crippen molar-refractivity contribution >= 4 is 17.7 Å². The molecule has 0 radical (unpaired) electrons. The first-order chi connectivity index (χ1) is 17.2. The molecule has 1 N–H and O–H groups in total. The van der Waals surface area contributed by atoms with Crippen molar-refractivity contribution in [1.82, 2.24) is 0 Å². The third-order valence-corrected chi connectivity index (χ3v) is 10.8. The molecule has 0 saturated heterocycles. The number of fused-ring (bicyclic) bond motifs is 5. The van der Waals surface area contributed by atoms with Crippen LogP contribution >= 0.6 is 0 Å². The molecule has 6 heteroatoms. The summed E-state index contributed by atoms with van der Waals surface area (Å²) in [4.78, 5) is 28.6. The minimum atomic E-state index is -0.989. The van der Waals surface area contributed by atoms with Crippen LogP contribution in [-0.4, -0.2) is 35.5 Å². The molecule has 5 rings (SSSR count). The summed E-state index contributed by atoms with van der Waals surface area (Å²) < 4.78 is 5.98. The van der Waals surface area contributed by atoms with E-state index in [-0.39, 0.29) is 24.1 Å². The van der Waals surface area contributed by atoms with Gasteiger partial charge in [-0.15, -0.1) is 0 Å². The van der Waals surface area contributed by atoms with Crippen LogP contribution < -0.4 is 0 Å². The molecule has 0 aliphatic heterocycles. The zero-order valence-electron chi connectivity index (χ0n) is 21.9. The van der Waals surface area contributed by atoms with E-state index in [1.807, 2.05) is 37.3 Å². The van der Waals surface area contributed by atoms with E-state index in [0.29, 0.717) is 28.7 Å². The number of aliphatic carboxylic acids is 1. The van der Waals surface area contributed by atoms with Crippen LogP contribution in [0.5, 0.6) is 0 Å². The van der Waals surface area contributed by atoms with Crippen LogP contribution in [0.4, 0.5) is 0 Å². The number of esters is 1. The fourth-order valence-electron chi connectivity index (χ4n) is 9.06. The van der Waals surface area contributed by atoms with Gasteiger partial charge in [-0.2, -0.15) is 0 Å². The van der Waals surface area contributed by atoms with Crippen molar-refractivity contribution in [3.05, 3.63) is 35.9 Å². The number of carboxylic acids is 1. The number of oxime groups is 1. The molecule has 0 unspecified atom stereocenters. The average molecular weight is 496 g/mol. The zero-order chi connectivity index (χ0) is 25.5.